The van der Waals surface area contributed by atoms with Crippen LogP contribution >= 0.6 is 11.6 Å². The van der Waals surface area contributed by atoms with Crippen molar-refractivity contribution in [1.29, 1.82) is 0 Å². The van der Waals surface area contributed by atoms with Gasteiger partial charge in [-0.3, -0.25) is 0 Å². The standard InChI is InChI=1S/C16H16ClN3O/c1-10(9-18)19-16-20-14-8-12(17)7-13(15(14)21-16)11-5-3-2-4-6-11/h2-8,10H,9,18H2,1H3,(H,19,20)/t10-/m0/s1. The van der Waals surface area contributed by atoms with Crippen molar-refractivity contribution in [3.63, 3.8) is 0 Å². The van der Waals surface area contributed by atoms with E-state index in [-0.39, 0.29) is 6.04 Å². The van der Waals surface area contributed by atoms with E-state index in [2.05, 4.69) is 10.3 Å². The number of benzene rings is 2. The lowest BCUT2D eigenvalue weighted by atomic mass is 10.1. The average molecular weight is 302 g/mol. The van der Waals surface area contributed by atoms with Crippen LogP contribution < -0.4 is 11.1 Å². The fraction of sp³-hybridized carbons (Fsp3) is 0.188. The van der Waals surface area contributed by atoms with Gasteiger partial charge in [0.15, 0.2) is 5.58 Å². The molecule has 0 bridgehead atoms. The molecule has 4 nitrogen and oxygen atoms in total. The van der Waals surface area contributed by atoms with E-state index in [9.17, 15) is 0 Å². The van der Waals surface area contributed by atoms with Crippen LogP contribution in [0.2, 0.25) is 5.02 Å². The number of nitrogens with two attached hydrogens (primary N) is 1. The van der Waals surface area contributed by atoms with Crippen molar-refractivity contribution in [2.75, 3.05) is 11.9 Å². The van der Waals surface area contributed by atoms with Crippen molar-refractivity contribution in [3.05, 3.63) is 47.5 Å². The summed E-state index contributed by atoms with van der Waals surface area (Å²) in [6.07, 6.45) is 0. The van der Waals surface area contributed by atoms with Crippen molar-refractivity contribution in [3.8, 4) is 11.1 Å². The molecule has 3 N–H and O–H groups in total. The molecule has 2 aromatic carbocycles. The van der Waals surface area contributed by atoms with Gasteiger partial charge in [-0.1, -0.05) is 41.9 Å². The number of nitrogens with zero attached hydrogens (tertiary/aromatic N) is 1. The molecule has 0 saturated carbocycles. The first-order valence-corrected chi connectivity index (χ1v) is 7.17. The van der Waals surface area contributed by atoms with Crippen molar-refractivity contribution >= 4 is 28.7 Å². The molecule has 1 aromatic heterocycles. The Bertz CT molecular complexity index is 755. The molecule has 1 atom stereocenters. The highest BCUT2D eigenvalue weighted by atomic mass is 35.5. The largest absolute Gasteiger partial charge is 0.423 e. The van der Waals surface area contributed by atoms with E-state index < -0.39 is 0 Å². The third-order valence-electron chi connectivity index (χ3n) is 3.26. The Balaban J connectivity index is 2.12. The lowest BCUT2D eigenvalue weighted by Crippen LogP contribution is -2.25. The van der Waals surface area contributed by atoms with Crippen molar-refractivity contribution in [2.45, 2.75) is 13.0 Å². The van der Waals surface area contributed by atoms with Gasteiger partial charge in [0, 0.05) is 23.2 Å². The predicted octanol–water partition coefficient (Wildman–Crippen LogP) is 3.91. The Morgan fingerprint density at radius 2 is 2.05 bits per heavy atom. The minimum absolute atomic E-state index is 0.0914. The SMILES string of the molecule is C[C@@H](CN)Nc1nc2cc(Cl)cc(-c3ccccc3)c2o1. The number of oxazole rings is 1. The summed E-state index contributed by atoms with van der Waals surface area (Å²) in [5.41, 5.74) is 9.03. The lowest BCUT2D eigenvalue weighted by Gasteiger charge is -2.07. The maximum absolute atomic E-state index is 6.19. The van der Waals surface area contributed by atoms with Crippen LogP contribution in [-0.2, 0) is 0 Å². The maximum atomic E-state index is 6.19. The Labute approximate surface area is 127 Å². The molecule has 3 rings (SSSR count). The van der Waals surface area contributed by atoms with Gasteiger partial charge in [0.2, 0.25) is 0 Å². The predicted molar refractivity (Wildman–Crippen MR) is 86.6 cm³/mol. The van der Waals surface area contributed by atoms with E-state index >= 15 is 0 Å². The molecule has 0 amide bonds. The van der Waals surface area contributed by atoms with Gasteiger partial charge >= 0.3 is 0 Å². The zero-order valence-corrected chi connectivity index (χ0v) is 12.4. The molecule has 0 aliphatic carbocycles. The van der Waals surface area contributed by atoms with E-state index in [0.29, 0.717) is 17.6 Å². The molecular weight excluding hydrogens is 286 g/mol. The molecule has 1 heterocycles. The second-order valence-electron chi connectivity index (χ2n) is 4.97. The molecule has 0 saturated heterocycles. The van der Waals surface area contributed by atoms with Crippen LogP contribution in [0.1, 0.15) is 6.92 Å². The van der Waals surface area contributed by atoms with Gasteiger partial charge in [-0.2, -0.15) is 4.98 Å². The average Bonchev–Trinajstić information content (AvgIpc) is 2.89. The summed E-state index contributed by atoms with van der Waals surface area (Å²) in [6, 6.07) is 14.2. The summed E-state index contributed by atoms with van der Waals surface area (Å²) in [6.45, 7) is 2.48. The van der Waals surface area contributed by atoms with Crippen LogP contribution in [0.15, 0.2) is 46.9 Å². The first kappa shape index (κ1) is 13.9. The van der Waals surface area contributed by atoms with Gasteiger partial charge in [0.05, 0.1) is 0 Å². The molecule has 0 spiro atoms. The normalized spacial score (nSPS) is 12.5. The van der Waals surface area contributed by atoms with Gasteiger partial charge in [-0.15, -0.1) is 0 Å². The van der Waals surface area contributed by atoms with Gasteiger partial charge in [-0.05, 0) is 24.6 Å². The lowest BCUT2D eigenvalue weighted by molar-refractivity contribution is 0.601. The third kappa shape index (κ3) is 2.86. The molecule has 3 aromatic rings. The molecular formula is C16H16ClN3O. The molecule has 0 aliphatic rings. The van der Waals surface area contributed by atoms with Gasteiger partial charge in [0.1, 0.15) is 5.52 Å². The smallest absolute Gasteiger partial charge is 0.295 e. The van der Waals surface area contributed by atoms with Crippen LogP contribution in [0.5, 0.6) is 0 Å². The zero-order chi connectivity index (χ0) is 14.8. The van der Waals surface area contributed by atoms with E-state index in [0.717, 1.165) is 22.2 Å². The minimum atomic E-state index is 0.0914. The fourth-order valence-electron chi connectivity index (χ4n) is 2.16. The van der Waals surface area contributed by atoms with E-state index in [1.165, 1.54) is 0 Å². The molecule has 5 heteroatoms. The monoisotopic (exact) mass is 301 g/mol. The van der Waals surface area contributed by atoms with Crippen molar-refractivity contribution < 1.29 is 4.42 Å². The Morgan fingerprint density at radius 3 is 2.76 bits per heavy atom. The summed E-state index contributed by atoms with van der Waals surface area (Å²) in [4.78, 5) is 4.43. The van der Waals surface area contributed by atoms with Gasteiger partial charge in [0.25, 0.3) is 6.01 Å². The van der Waals surface area contributed by atoms with Crippen LogP contribution in [0.4, 0.5) is 6.01 Å². The highest BCUT2D eigenvalue weighted by Crippen LogP contribution is 2.33. The number of halogens is 1. The fourth-order valence-corrected chi connectivity index (χ4v) is 2.37. The number of hydrogen-bond acceptors (Lipinski definition) is 4. The molecule has 0 fully saturated rings. The van der Waals surface area contributed by atoms with Gasteiger partial charge in [-0.25, -0.2) is 0 Å². The summed E-state index contributed by atoms with van der Waals surface area (Å²) in [5.74, 6) is 0. The summed E-state index contributed by atoms with van der Waals surface area (Å²) >= 11 is 6.19. The van der Waals surface area contributed by atoms with Crippen LogP contribution in [0.25, 0.3) is 22.2 Å². The summed E-state index contributed by atoms with van der Waals surface area (Å²) in [5, 5.41) is 3.77. The molecule has 21 heavy (non-hydrogen) atoms. The second kappa shape index (κ2) is 5.76. The number of fused-ring (bicyclic) bond motifs is 1. The van der Waals surface area contributed by atoms with E-state index in [1.807, 2.05) is 43.3 Å². The summed E-state index contributed by atoms with van der Waals surface area (Å²) in [7, 11) is 0. The number of rotatable bonds is 4. The summed E-state index contributed by atoms with van der Waals surface area (Å²) < 4.78 is 5.84. The Morgan fingerprint density at radius 1 is 1.29 bits per heavy atom. The van der Waals surface area contributed by atoms with E-state index in [4.69, 9.17) is 21.8 Å². The van der Waals surface area contributed by atoms with Gasteiger partial charge < -0.3 is 15.5 Å². The first-order valence-electron chi connectivity index (χ1n) is 6.79. The number of hydrogen-bond donors (Lipinski definition) is 2. The van der Waals surface area contributed by atoms with Crippen LogP contribution in [0, 0.1) is 0 Å². The maximum Gasteiger partial charge on any atom is 0.295 e. The quantitative estimate of drug-likeness (QED) is 0.767. The Kier molecular flexibility index (Phi) is 3.82. The second-order valence-corrected chi connectivity index (χ2v) is 5.40. The third-order valence-corrected chi connectivity index (χ3v) is 3.48. The number of aromatic nitrogens is 1. The van der Waals surface area contributed by atoms with Crippen molar-refractivity contribution in [2.24, 2.45) is 5.73 Å². The molecule has 0 unspecified atom stereocenters. The van der Waals surface area contributed by atoms with Crippen LogP contribution in [0.3, 0.4) is 0 Å². The number of nitrogens with one attached hydrogen (secondary N) is 1. The molecule has 108 valence electrons. The molecule has 0 aliphatic heterocycles. The van der Waals surface area contributed by atoms with Crippen molar-refractivity contribution in [1.82, 2.24) is 4.98 Å². The first-order chi connectivity index (χ1) is 10.2. The van der Waals surface area contributed by atoms with E-state index in [1.54, 1.807) is 6.07 Å². The highest BCUT2D eigenvalue weighted by Gasteiger charge is 2.14. The highest BCUT2D eigenvalue weighted by molar-refractivity contribution is 6.31. The zero-order valence-electron chi connectivity index (χ0n) is 11.6. The van der Waals surface area contributed by atoms with Crippen LogP contribution in [-0.4, -0.2) is 17.6 Å². The minimum Gasteiger partial charge on any atom is -0.423 e. The number of anilines is 1. The topological polar surface area (TPSA) is 64.1 Å². The molecule has 0 radical (unpaired) electrons. The Hall–Kier alpha value is -2.04.